The Morgan fingerprint density at radius 2 is 1.69 bits per heavy atom. The van der Waals surface area contributed by atoms with Gasteiger partial charge in [-0.2, -0.15) is 13.2 Å². The van der Waals surface area contributed by atoms with E-state index in [1.54, 1.807) is 0 Å². The van der Waals surface area contributed by atoms with Gasteiger partial charge in [-0.1, -0.05) is 0 Å². The van der Waals surface area contributed by atoms with Gasteiger partial charge in [-0.25, -0.2) is 0 Å². The van der Waals surface area contributed by atoms with Gasteiger partial charge in [0.05, 0.1) is 12.2 Å². The number of halogens is 4. The fraction of sp³-hybridized carbons (Fsp3) is 0.455. The smallest absolute Gasteiger partial charge is 0.416 e. The van der Waals surface area contributed by atoms with E-state index in [1.165, 1.54) is 12.1 Å². The largest absolute Gasteiger partial charge is 0.494 e. The van der Waals surface area contributed by atoms with Crippen molar-refractivity contribution in [3.05, 3.63) is 29.8 Å². The molecule has 0 aromatic heterocycles. The zero-order valence-electron chi connectivity index (χ0n) is 8.56. The highest BCUT2D eigenvalue weighted by Gasteiger charge is 2.29. The molecule has 16 heavy (non-hydrogen) atoms. The van der Waals surface area contributed by atoms with Crippen LogP contribution in [0.2, 0.25) is 0 Å². The third-order valence-corrected chi connectivity index (χ3v) is 2.25. The molecule has 0 saturated heterocycles. The van der Waals surface area contributed by atoms with E-state index in [0.717, 1.165) is 25.0 Å². The van der Waals surface area contributed by atoms with E-state index < -0.39 is 11.7 Å². The van der Waals surface area contributed by atoms with Crippen LogP contribution in [0.3, 0.4) is 0 Å². The van der Waals surface area contributed by atoms with Crippen molar-refractivity contribution < 1.29 is 17.9 Å². The molecule has 0 saturated carbocycles. The maximum absolute atomic E-state index is 12.2. The van der Waals surface area contributed by atoms with Crippen LogP contribution in [0.15, 0.2) is 24.3 Å². The fourth-order valence-electron chi connectivity index (χ4n) is 1.13. The molecule has 1 aromatic carbocycles. The number of unbranched alkanes of at least 4 members (excludes halogenated alkanes) is 1. The minimum Gasteiger partial charge on any atom is -0.494 e. The summed E-state index contributed by atoms with van der Waals surface area (Å²) < 4.78 is 41.9. The van der Waals surface area contributed by atoms with Crippen LogP contribution in [0.25, 0.3) is 0 Å². The van der Waals surface area contributed by atoms with E-state index in [2.05, 4.69) is 0 Å². The molecular formula is C11H12ClF3O. The highest BCUT2D eigenvalue weighted by atomic mass is 35.5. The Bertz CT molecular complexity index is 308. The Kier molecular flexibility index (Phi) is 4.93. The Hall–Kier alpha value is -0.900. The van der Waals surface area contributed by atoms with Gasteiger partial charge in [0.25, 0.3) is 0 Å². The first kappa shape index (κ1) is 13.2. The van der Waals surface area contributed by atoms with Crippen molar-refractivity contribution in [1.29, 1.82) is 0 Å². The van der Waals surface area contributed by atoms with Crippen LogP contribution in [0, 0.1) is 0 Å². The van der Waals surface area contributed by atoms with Crippen LogP contribution in [0.4, 0.5) is 13.2 Å². The average molecular weight is 253 g/mol. The van der Waals surface area contributed by atoms with Gasteiger partial charge in [-0.05, 0) is 37.1 Å². The molecular weight excluding hydrogens is 241 g/mol. The quantitative estimate of drug-likeness (QED) is 0.566. The highest BCUT2D eigenvalue weighted by Crippen LogP contribution is 2.30. The first-order valence-corrected chi connectivity index (χ1v) is 5.43. The molecule has 0 atom stereocenters. The van der Waals surface area contributed by atoms with Gasteiger partial charge in [-0.15, -0.1) is 11.6 Å². The molecule has 90 valence electrons. The number of rotatable bonds is 5. The second-order valence-corrected chi connectivity index (χ2v) is 3.64. The molecule has 0 aliphatic carbocycles. The van der Waals surface area contributed by atoms with Crippen molar-refractivity contribution >= 4 is 11.6 Å². The molecule has 0 spiro atoms. The molecule has 0 radical (unpaired) electrons. The van der Waals surface area contributed by atoms with Crippen LogP contribution in [0.1, 0.15) is 18.4 Å². The van der Waals surface area contributed by atoms with Crippen molar-refractivity contribution in [3.8, 4) is 5.75 Å². The maximum Gasteiger partial charge on any atom is 0.416 e. The molecule has 0 heterocycles. The zero-order chi connectivity index (χ0) is 12.0. The predicted molar refractivity (Wildman–Crippen MR) is 56.9 cm³/mol. The van der Waals surface area contributed by atoms with Gasteiger partial charge in [0, 0.05) is 5.88 Å². The summed E-state index contributed by atoms with van der Waals surface area (Å²) >= 11 is 5.47. The van der Waals surface area contributed by atoms with Gasteiger partial charge in [0.1, 0.15) is 5.75 Å². The van der Waals surface area contributed by atoms with Gasteiger partial charge < -0.3 is 4.74 Å². The van der Waals surface area contributed by atoms with Crippen LogP contribution < -0.4 is 4.74 Å². The molecule has 0 N–H and O–H groups in total. The summed E-state index contributed by atoms with van der Waals surface area (Å²) in [6, 6.07) is 4.67. The van der Waals surface area contributed by atoms with E-state index in [-0.39, 0.29) is 0 Å². The SMILES string of the molecule is FC(F)(F)c1ccc(OCCCCCl)cc1. The lowest BCUT2D eigenvalue weighted by atomic mass is 10.2. The molecule has 0 amide bonds. The van der Waals surface area contributed by atoms with Gasteiger partial charge in [-0.3, -0.25) is 0 Å². The first-order valence-electron chi connectivity index (χ1n) is 4.90. The summed E-state index contributed by atoms with van der Waals surface area (Å²) in [5.74, 6) is 1.01. The maximum atomic E-state index is 12.2. The van der Waals surface area contributed by atoms with E-state index >= 15 is 0 Å². The second kappa shape index (κ2) is 5.99. The van der Waals surface area contributed by atoms with Crippen molar-refractivity contribution in [2.24, 2.45) is 0 Å². The number of ether oxygens (including phenoxy) is 1. The molecule has 0 bridgehead atoms. The molecule has 1 rings (SSSR count). The Morgan fingerprint density at radius 3 is 2.19 bits per heavy atom. The summed E-state index contributed by atoms with van der Waals surface area (Å²) in [6.45, 7) is 0.470. The minimum atomic E-state index is -4.29. The van der Waals surface area contributed by atoms with Crippen LogP contribution in [-0.4, -0.2) is 12.5 Å². The van der Waals surface area contributed by atoms with E-state index in [9.17, 15) is 13.2 Å². The Labute approximate surface area is 97.2 Å². The minimum absolute atomic E-state index is 0.447. The van der Waals surface area contributed by atoms with Crippen molar-refractivity contribution in [1.82, 2.24) is 0 Å². The lowest BCUT2D eigenvalue weighted by Gasteiger charge is -2.08. The monoisotopic (exact) mass is 252 g/mol. The average Bonchev–Trinajstić information content (AvgIpc) is 2.24. The summed E-state index contributed by atoms with van der Waals surface area (Å²) in [7, 11) is 0. The highest BCUT2D eigenvalue weighted by molar-refractivity contribution is 6.17. The normalized spacial score (nSPS) is 11.5. The lowest BCUT2D eigenvalue weighted by Crippen LogP contribution is -2.04. The van der Waals surface area contributed by atoms with Gasteiger partial charge in [0.2, 0.25) is 0 Å². The topological polar surface area (TPSA) is 9.23 Å². The third kappa shape index (κ3) is 4.31. The van der Waals surface area contributed by atoms with Crippen molar-refractivity contribution in [2.45, 2.75) is 19.0 Å². The summed E-state index contributed by atoms with van der Waals surface area (Å²) in [4.78, 5) is 0. The van der Waals surface area contributed by atoms with E-state index in [1.807, 2.05) is 0 Å². The van der Waals surface area contributed by atoms with Crippen molar-refractivity contribution in [3.63, 3.8) is 0 Å². The van der Waals surface area contributed by atoms with Crippen LogP contribution >= 0.6 is 11.6 Å². The molecule has 0 unspecified atom stereocenters. The van der Waals surface area contributed by atoms with Gasteiger partial charge in [0.15, 0.2) is 0 Å². The second-order valence-electron chi connectivity index (χ2n) is 3.27. The van der Waals surface area contributed by atoms with E-state index in [4.69, 9.17) is 16.3 Å². The molecule has 1 nitrogen and oxygen atoms in total. The van der Waals surface area contributed by atoms with E-state index in [0.29, 0.717) is 18.2 Å². The number of hydrogen-bond donors (Lipinski definition) is 0. The molecule has 0 aliphatic heterocycles. The van der Waals surface area contributed by atoms with Crippen LogP contribution in [-0.2, 0) is 6.18 Å². The standard InChI is InChI=1S/C11H12ClF3O/c12-7-1-2-8-16-10-5-3-9(4-6-10)11(13,14)15/h3-6H,1-2,7-8H2. The van der Waals surface area contributed by atoms with Gasteiger partial charge >= 0.3 is 6.18 Å². The number of alkyl halides is 4. The fourth-order valence-corrected chi connectivity index (χ4v) is 1.32. The molecule has 0 aliphatic rings. The predicted octanol–water partition coefficient (Wildman–Crippen LogP) is 4.10. The van der Waals surface area contributed by atoms with Crippen molar-refractivity contribution in [2.75, 3.05) is 12.5 Å². The first-order chi connectivity index (χ1) is 7.54. The number of benzene rings is 1. The Balaban J connectivity index is 2.46. The number of hydrogen-bond acceptors (Lipinski definition) is 1. The third-order valence-electron chi connectivity index (χ3n) is 1.98. The van der Waals surface area contributed by atoms with Crippen LogP contribution in [0.5, 0.6) is 5.75 Å². The molecule has 1 aromatic rings. The Morgan fingerprint density at radius 1 is 1.06 bits per heavy atom. The zero-order valence-corrected chi connectivity index (χ0v) is 9.31. The summed E-state index contributed by atoms with van der Waals surface area (Å²) in [6.07, 6.45) is -2.66. The molecule has 0 fully saturated rings. The molecule has 5 heteroatoms. The summed E-state index contributed by atoms with van der Waals surface area (Å²) in [5, 5.41) is 0. The summed E-state index contributed by atoms with van der Waals surface area (Å²) in [5.41, 5.74) is -0.666. The lowest BCUT2D eigenvalue weighted by molar-refractivity contribution is -0.137.